The van der Waals surface area contributed by atoms with Crippen LogP contribution in [0.3, 0.4) is 0 Å². The minimum Gasteiger partial charge on any atom is -0.344 e. The summed E-state index contributed by atoms with van der Waals surface area (Å²) in [7, 11) is 1.99. The third-order valence-electron chi connectivity index (χ3n) is 3.55. The third kappa shape index (κ3) is 3.17. The molecule has 20 heavy (non-hydrogen) atoms. The average molecular weight is 272 g/mol. The Kier molecular flexibility index (Phi) is 4.74. The van der Waals surface area contributed by atoms with Crippen molar-refractivity contribution in [1.29, 1.82) is 0 Å². The van der Waals surface area contributed by atoms with Crippen molar-refractivity contribution in [1.82, 2.24) is 0 Å². The molecule has 0 bridgehead atoms. The molecule has 0 atom stereocenters. The summed E-state index contributed by atoms with van der Waals surface area (Å²) >= 11 is 0. The van der Waals surface area contributed by atoms with Crippen molar-refractivity contribution in [3.05, 3.63) is 59.4 Å². The molecule has 0 radical (unpaired) electrons. The Hall–Kier alpha value is -1.87. The number of benzene rings is 2. The fourth-order valence-corrected chi connectivity index (χ4v) is 2.33. The summed E-state index contributed by atoms with van der Waals surface area (Å²) in [4.78, 5) is 2.07. The topological polar surface area (TPSA) is 29.3 Å². The van der Waals surface area contributed by atoms with E-state index in [-0.39, 0.29) is 5.82 Å². The van der Waals surface area contributed by atoms with Crippen molar-refractivity contribution in [2.45, 2.75) is 19.8 Å². The Bertz CT molecular complexity index is 564. The van der Waals surface area contributed by atoms with Crippen LogP contribution < -0.4 is 10.6 Å². The average Bonchev–Trinajstić information content (AvgIpc) is 2.47. The highest BCUT2D eigenvalue weighted by atomic mass is 19.1. The first-order valence-corrected chi connectivity index (χ1v) is 6.97. The van der Waals surface area contributed by atoms with Crippen molar-refractivity contribution in [3.8, 4) is 0 Å². The van der Waals surface area contributed by atoms with Gasteiger partial charge in [0.25, 0.3) is 0 Å². The molecule has 0 aromatic heterocycles. The van der Waals surface area contributed by atoms with Crippen LogP contribution in [0.25, 0.3) is 0 Å². The van der Waals surface area contributed by atoms with Crippen LogP contribution in [-0.2, 0) is 12.8 Å². The first-order valence-electron chi connectivity index (χ1n) is 6.97. The molecule has 0 saturated heterocycles. The molecule has 0 aliphatic carbocycles. The second kappa shape index (κ2) is 6.53. The molecule has 2 rings (SSSR count). The van der Waals surface area contributed by atoms with E-state index in [1.165, 1.54) is 11.6 Å². The van der Waals surface area contributed by atoms with Crippen LogP contribution in [0.15, 0.2) is 42.5 Å². The number of hydrogen-bond donors (Lipinski definition) is 1. The lowest BCUT2D eigenvalue weighted by Crippen LogP contribution is -2.14. The quantitative estimate of drug-likeness (QED) is 0.900. The van der Waals surface area contributed by atoms with Gasteiger partial charge in [-0.15, -0.1) is 0 Å². The Morgan fingerprint density at radius 1 is 1.10 bits per heavy atom. The van der Waals surface area contributed by atoms with Gasteiger partial charge in [-0.3, -0.25) is 0 Å². The van der Waals surface area contributed by atoms with Gasteiger partial charge in [0.1, 0.15) is 5.82 Å². The SMILES string of the molecule is CCc1ccc(N(C)c2ccc(F)cc2CCN)cc1. The first kappa shape index (κ1) is 14.5. The van der Waals surface area contributed by atoms with Gasteiger partial charge < -0.3 is 10.6 Å². The van der Waals surface area contributed by atoms with Crippen LogP contribution in [0.4, 0.5) is 15.8 Å². The summed E-state index contributed by atoms with van der Waals surface area (Å²) < 4.78 is 13.4. The summed E-state index contributed by atoms with van der Waals surface area (Å²) in [5.74, 6) is -0.216. The van der Waals surface area contributed by atoms with Crippen LogP contribution in [0.5, 0.6) is 0 Å². The third-order valence-corrected chi connectivity index (χ3v) is 3.55. The van der Waals surface area contributed by atoms with Gasteiger partial charge in [0.15, 0.2) is 0 Å². The van der Waals surface area contributed by atoms with Gasteiger partial charge in [0.05, 0.1) is 0 Å². The molecule has 2 aromatic carbocycles. The zero-order valence-electron chi connectivity index (χ0n) is 12.1. The number of halogens is 1. The molecule has 2 aromatic rings. The van der Waals surface area contributed by atoms with Gasteiger partial charge in [0.2, 0.25) is 0 Å². The van der Waals surface area contributed by atoms with Crippen molar-refractivity contribution in [3.63, 3.8) is 0 Å². The first-order chi connectivity index (χ1) is 9.65. The molecule has 0 aliphatic rings. The predicted octanol–water partition coefficient (Wildman–Crippen LogP) is 3.66. The maximum atomic E-state index is 13.4. The summed E-state index contributed by atoms with van der Waals surface area (Å²) in [5, 5.41) is 0. The molecule has 0 aliphatic heterocycles. The molecule has 2 nitrogen and oxygen atoms in total. The van der Waals surface area contributed by atoms with Gasteiger partial charge in [-0.1, -0.05) is 19.1 Å². The van der Waals surface area contributed by atoms with E-state index in [1.54, 1.807) is 6.07 Å². The van der Waals surface area contributed by atoms with Crippen LogP contribution in [0.1, 0.15) is 18.1 Å². The van der Waals surface area contributed by atoms with E-state index in [0.29, 0.717) is 13.0 Å². The molecule has 106 valence electrons. The largest absolute Gasteiger partial charge is 0.344 e. The van der Waals surface area contributed by atoms with E-state index in [2.05, 4.69) is 36.1 Å². The van der Waals surface area contributed by atoms with E-state index >= 15 is 0 Å². The van der Waals surface area contributed by atoms with Crippen LogP contribution in [-0.4, -0.2) is 13.6 Å². The van der Waals surface area contributed by atoms with Crippen LogP contribution in [0.2, 0.25) is 0 Å². The molecule has 0 unspecified atom stereocenters. The Morgan fingerprint density at radius 2 is 1.80 bits per heavy atom. The van der Waals surface area contributed by atoms with Crippen LogP contribution in [0, 0.1) is 5.82 Å². The number of anilines is 2. The van der Waals surface area contributed by atoms with Crippen molar-refractivity contribution < 1.29 is 4.39 Å². The zero-order chi connectivity index (χ0) is 14.5. The molecular weight excluding hydrogens is 251 g/mol. The molecule has 2 N–H and O–H groups in total. The van der Waals surface area contributed by atoms with Gasteiger partial charge in [-0.2, -0.15) is 0 Å². The fraction of sp³-hybridized carbons (Fsp3) is 0.294. The maximum absolute atomic E-state index is 13.4. The molecule has 0 heterocycles. The Balaban J connectivity index is 2.33. The standard InChI is InChI=1S/C17H21FN2/c1-3-13-4-7-16(8-5-13)20(2)17-9-6-15(18)12-14(17)10-11-19/h4-9,12H,3,10-11,19H2,1-2H3. The second-order valence-corrected chi connectivity index (χ2v) is 4.89. The fourth-order valence-electron chi connectivity index (χ4n) is 2.33. The monoisotopic (exact) mass is 272 g/mol. The Morgan fingerprint density at radius 3 is 2.40 bits per heavy atom. The van der Waals surface area contributed by atoms with Crippen molar-refractivity contribution >= 4 is 11.4 Å². The Labute approximate surface area is 120 Å². The van der Waals surface area contributed by atoms with E-state index in [4.69, 9.17) is 5.73 Å². The number of aryl methyl sites for hydroxylation is 1. The van der Waals surface area contributed by atoms with E-state index in [9.17, 15) is 4.39 Å². The lowest BCUT2D eigenvalue weighted by Gasteiger charge is -2.23. The van der Waals surface area contributed by atoms with Gasteiger partial charge in [-0.05, 0) is 60.8 Å². The molecule has 0 spiro atoms. The maximum Gasteiger partial charge on any atom is 0.123 e. The highest BCUT2D eigenvalue weighted by Gasteiger charge is 2.10. The zero-order valence-corrected chi connectivity index (χ0v) is 12.1. The van der Waals surface area contributed by atoms with Crippen LogP contribution >= 0.6 is 0 Å². The summed E-state index contributed by atoms with van der Waals surface area (Å²) in [5.41, 5.74) is 9.95. The minimum atomic E-state index is -0.216. The van der Waals surface area contributed by atoms with E-state index < -0.39 is 0 Å². The number of nitrogens with zero attached hydrogens (tertiary/aromatic N) is 1. The van der Waals surface area contributed by atoms with Gasteiger partial charge >= 0.3 is 0 Å². The van der Waals surface area contributed by atoms with Gasteiger partial charge in [-0.25, -0.2) is 4.39 Å². The summed E-state index contributed by atoms with van der Waals surface area (Å²) in [6.07, 6.45) is 1.70. The van der Waals surface area contributed by atoms with E-state index in [0.717, 1.165) is 23.4 Å². The van der Waals surface area contributed by atoms with E-state index in [1.807, 2.05) is 13.1 Å². The smallest absolute Gasteiger partial charge is 0.123 e. The molecule has 0 fully saturated rings. The summed E-state index contributed by atoms with van der Waals surface area (Å²) in [6.45, 7) is 2.65. The molecular formula is C17H21FN2. The lowest BCUT2D eigenvalue weighted by molar-refractivity contribution is 0.625. The highest BCUT2D eigenvalue weighted by molar-refractivity contribution is 5.66. The van der Waals surface area contributed by atoms with Crippen molar-refractivity contribution in [2.24, 2.45) is 5.73 Å². The normalized spacial score (nSPS) is 10.6. The second-order valence-electron chi connectivity index (χ2n) is 4.89. The number of nitrogens with two attached hydrogens (primary N) is 1. The highest BCUT2D eigenvalue weighted by Crippen LogP contribution is 2.28. The molecule has 3 heteroatoms. The van der Waals surface area contributed by atoms with Crippen molar-refractivity contribution in [2.75, 3.05) is 18.5 Å². The summed E-state index contributed by atoms with van der Waals surface area (Å²) in [6, 6.07) is 13.3. The minimum absolute atomic E-state index is 0.216. The van der Waals surface area contributed by atoms with Gasteiger partial charge in [0, 0.05) is 18.4 Å². The predicted molar refractivity (Wildman–Crippen MR) is 83.0 cm³/mol. The number of hydrogen-bond acceptors (Lipinski definition) is 2. The molecule has 0 amide bonds. The lowest BCUT2D eigenvalue weighted by atomic mass is 10.1. The number of rotatable bonds is 5. The molecule has 0 saturated carbocycles.